The molecular weight excluding hydrogens is 1450 g/mol. The summed E-state index contributed by atoms with van der Waals surface area (Å²) in [6.45, 7) is 28.9. The van der Waals surface area contributed by atoms with Crippen LogP contribution in [0.3, 0.4) is 0 Å². The van der Waals surface area contributed by atoms with Crippen LogP contribution in [0.4, 0.5) is 0 Å². The fourth-order valence-electron chi connectivity index (χ4n) is 12.5. The zero-order valence-corrected chi connectivity index (χ0v) is 70.7. The molecule has 0 saturated heterocycles. The normalized spacial score (nSPS) is 11.2. The van der Waals surface area contributed by atoms with Gasteiger partial charge < -0.3 is 39.1 Å². The minimum Gasteiger partial charge on any atom is -0.481 e. The van der Waals surface area contributed by atoms with E-state index < -0.39 is 9.84 Å². The minimum absolute atomic E-state index is 0.0927. The van der Waals surface area contributed by atoms with Gasteiger partial charge in [0.25, 0.3) is 0 Å². The maximum atomic E-state index is 11.6. The number of sulfone groups is 1. The molecule has 12 rings (SSSR count). The van der Waals surface area contributed by atoms with Gasteiger partial charge in [0.1, 0.15) is 0 Å². The molecule has 0 radical (unpaired) electrons. The monoisotopic (exact) mass is 1570 g/mol. The summed E-state index contributed by atoms with van der Waals surface area (Å²) in [6, 6.07) is 19.0. The van der Waals surface area contributed by atoms with Gasteiger partial charge in [0.05, 0.1) is 83.3 Å². The number of ether oxygens (including phenoxy) is 1. The number of hydrogen-bond donors (Lipinski definition) is 7. The number of unbranched alkanes of at least 4 members (excludes halogenated alkanes) is 3. The van der Waals surface area contributed by atoms with Crippen LogP contribution in [0, 0.1) is 13.8 Å². The third kappa shape index (κ3) is 30.1. The van der Waals surface area contributed by atoms with Crippen molar-refractivity contribution in [3.05, 3.63) is 209 Å². The third-order valence-electron chi connectivity index (χ3n) is 18.5. The standard InChI is InChI=1S/C15H22N4.C14H20N4O2S.2C14H20N4O.2C14H20N4/c1-4-5-8-19(3)11-14-10-17-18-15(14)13-7-6-12(2)16-9-13;1-4-5-18(2)10-12-8-16-17-14(12)11-6-13(9-15-7-11)21(3,19)20;1-4-7-18(2)10-12-9-16-17-14(12)11-5-6-13(19-3)15-8-11;1-3-4-7-18(2)10-12-9-16-17-14(12)11-5-6-13(19)15-8-11;1-4-5-18(3)10-13-9-16-17-14(13)12-6-11(2)7-15-8-12;1-3-4-8-18(2)11-13-10-16-17-14(13)12-6-5-7-15-9-12/h6-7,9-10H,4-5,8,11H2,1-3H3,(H,17,18);6-9H,4-5,10H2,1-3H3,(H,16,17);5-6,8-9H,4,7,10H2,1-3H3,(H,16,17);5-6,8-9H,3-4,7,10H2,1-2H3,(H,15,19)(H,16,17);6-9H,4-5,10H2,1-3H3,(H,16,17);5-7,9-10H,3-4,8,11H2,1-2H3,(H,16,17). The van der Waals surface area contributed by atoms with Gasteiger partial charge in [-0.2, -0.15) is 30.6 Å². The summed E-state index contributed by atoms with van der Waals surface area (Å²) in [5.74, 6) is 0.618. The first-order valence-electron chi connectivity index (χ1n) is 39.4. The second-order valence-electron chi connectivity index (χ2n) is 29.0. The Balaban J connectivity index is 0.000000190. The summed E-state index contributed by atoms with van der Waals surface area (Å²) >= 11 is 0. The summed E-state index contributed by atoms with van der Waals surface area (Å²) in [7, 11) is 11.1. The van der Waals surface area contributed by atoms with Gasteiger partial charge in [0, 0.05) is 186 Å². The molecule has 114 heavy (non-hydrogen) atoms. The van der Waals surface area contributed by atoms with E-state index in [0.29, 0.717) is 5.88 Å². The molecule has 12 aromatic rings. The van der Waals surface area contributed by atoms with Crippen LogP contribution in [0.2, 0.25) is 0 Å². The molecule has 0 aromatic carbocycles. The average molecular weight is 1580 g/mol. The number of aromatic amines is 7. The highest BCUT2D eigenvalue weighted by atomic mass is 32.2. The predicted molar refractivity (Wildman–Crippen MR) is 456 cm³/mol. The summed E-state index contributed by atoms with van der Waals surface area (Å²) < 4.78 is 28.3. The summed E-state index contributed by atoms with van der Waals surface area (Å²) in [4.78, 5) is 48.7. The van der Waals surface area contributed by atoms with Crippen molar-refractivity contribution in [3.63, 3.8) is 0 Å². The van der Waals surface area contributed by atoms with E-state index >= 15 is 0 Å². The summed E-state index contributed by atoms with van der Waals surface area (Å²) in [5, 5.41) is 43.0. The lowest BCUT2D eigenvalue weighted by atomic mass is 10.1. The molecule has 29 heteroatoms. The van der Waals surface area contributed by atoms with Crippen LogP contribution in [0.25, 0.3) is 67.5 Å². The molecule has 0 amide bonds. The Morgan fingerprint density at radius 2 is 0.737 bits per heavy atom. The molecule has 12 heterocycles. The van der Waals surface area contributed by atoms with Crippen molar-refractivity contribution >= 4 is 9.84 Å². The Hall–Kier alpha value is -10.5. The molecule has 0 bridgehead atoms. The van der Waals surface area contributed by atoms with Gasteiger partial charge in [-0.05, 0) is 188 Å². The van der Waals surface area contributed by atoms with E-state index in [1.54, 1.807) is 44.2 Å². The van der Waals surface area contributed by atoms with E-state index in [2.05, 4.69) is 222 Å². The molecule has 0 unspecified atom stereocenters. The topological polar surface area (TPSA) is 332 Å². The van der Waals surface area contributed by atoms with Gasteiger partial charge in [0.2, 0.25) is 11.4 Å². The highest BCUT2D eigenvalue weighted by Crippen LogP contribution is 2.28. The second kappa shape index (κ2) is 48.5. The van der Waals surface area contributed by atoms with Crippen LogP contribution in [-0.2, 0) is 49.1 Å². The lowest BCUT2D eigenvalue weighted by Gasteiger charge is -2.16. The fourth-order valence-corrected chi connectivity index (χ4v) is 13.1. The van der Waals surface area contributed by atoms with Crippen molar-refractivity contribution in [3.8, 4) is 73.4 Å². The van der Waals surface area contributed by atoms with Crippen LogP contribution in [-0.4, -0.2) is 224 Å². The lowest BCUT2D eigenvalue weighted by Crippen LogP contribution is -2.19. The zero-order valence-electron chi connectivity index (χ0n) is 69.9. The molecule has 0 atom stereocenters. The maximum absolute atomic E-state index is 11.6. The molecule has 12 aromatic heterocycles. The van der Waals surface area contributed by atoms with E-state index in [1.807, 2.05) is 100 Å². The van der Waals surface area contributed by atoms with Crippen molar-refractivity contribution in [2.75, 3.05) is 94.9 Å². The van der Waals surface area contributed by atoms with Crippen molar-refractivity contribution in [1.82, 2.24) is 120 Å². The number of aromatic nitrogens is 18. The van der Waals surface area contributed by atoms with E-state index in [1.165, 1.54) is 79.3 Å². The summed E-state index contributed by atoms with van der Waals surface area (Å²) in [6.07, 6.45) is 38.9. The van der Waals surface area contributed by atoms with Gasteiger partial charge in [-0.3, -0.25) is 55.3 Å². The van der Waals surface area contributed by atoms with E-state index in [9.17, 15) is 13.2 Å². The number of aryl methyl sites for hydroxylation is 2. The highest BCUT2D eigenvalue weighted by molar-refractivity contribution is 7.90. The maximum Gasteiger partial charge on any atom is 0.247 e. The number of H-pyrrole nitrogens is 7. The van der Waals surface area contributed by atoms with Gasteiger partial charge in [0.15, 0.2) is 9.84 Å². The fraction of sp³-hybridized carbons (Fsp3) is 0.435. The van der Waals surface area contributed by atoms with Gasteiger partial charge in [-0.15, -0.1) is 0 Å². The molecule has 7 N–H and O–H groups in total. The smallest absolute Gasteiger partial charge is 0.247 e. The molecule has 0 aliphatic heterocycles. The van der Waals surface area contributed by atoms with E-state index in [0.717, 1.165) is 188 Å². The van der Waals surface area contributed by atoms with Crippen LogP contribution >= 0.6 is 0 Å². The predicted octanol–water partition coefficient (Wildman–Crippen LogP) is 14.4. The van der Waals surface area contributed by atoms with Crippen molar-refractivity contribution < 1.29 is 13.2 Å². The van der Waals surface area contributed by atoms with Crippen molar-refractivity contribution in [1.29, 1.82) is 0 Å². The number of methoxy groups -OCH3 is 1. The molecule has 0 spiro atoms. The first-order valence-corrected chi connectivity index (χ1v) is 41.3. The quantitative estimate of drug-likeness (QED) is 0.0194. The number of pyridine rings is 6. The first kappa shape index (κ1) is 90.7. The van der Waals surface area contributed by atoms with E-state index in [-0.39, 0.29) is 10.5 Å². The molecule has 0 fully saturated rings. The highest BCUT2D eigenvalue weighted by Gasteiger charge is 2.18. The Morgan fingerprint density at radius 3 is 1.07 bits per heavy atom. The molecule has 612 valence electrons. The molecule has 0 aliphatic rings. The van der Waals surface area contributed by atoms with Crippen molar-refractivity contribution in [2.45, 2.75) is 157 Å². The number of nitrogens with one attached hydrogen (secondary N) is 7. The van der Waals surface area contributed by atoms with Gasteiger partial charge in [-0.1, -0.05) is 60.8 Å². The Morgan fingerprint density at radius 1 is 0.377 bits per heavy atom. The number of hydrogen-bond acceptors (Lipinski definition) is 21. The number of nitrogens with zero attached hydrogens (tertiary/aromatic N) is 17. The average Bonchev–Trinajstić information content (AvgIpc) is 1.35. The Kier molecular flexibility index (Phi) is 38.6. The van der Waals surface area contributed by atoms with Crippen LogP contribution < -0.4 is 10.3 Å². The minimum atomic E-state index is -3.27. The summed E-state index contributed by atoms with van der Waals surface area (Å²) in [5.41, 5.74) is 21.2. The molecule has 28 nitrogen and oxygen atoms in total. The molecule has 0 saturated carbocycles. The third-order valence-corrected chi connectivity index (χ3v) is 19.6. The SMILES string of the molecule is CCCCN(C)Cc1cn[nH]c1-c1ccc(=O)[nH]c1.CCCCN(C)Cc1cn[nH]c1-c1ccc(C)nc1.CCCCN(C)Cc1cn[nH]c1-c1cccnc1.CCCN(C)Cc1cn[nH]c1-c1ccc(OC)nc1.CCCN(C)Cc1cn[nH]c1-c1cncc(C)c1.CCCN(C)Cc1cn[nH]c1-c1cncc(S(C)(=O)=O)c1. The zero-order chi connectivity index (χ0) is 82.2. The Bertz CT molecular complexity index is 4800. The lowest BCUT2D eigenvalue weighted by molar-refractivity contribution is 0.321. The van der Waals surface area contributed by atoms with E-state index in [4.69, 9.17) is 4.74 Å². The molecule has 0 aliphatic carbocycles. The number of rotatable bonds is 35. The van der Waals surface area contributed by atoms with Crippen LogP contribution in [0.15, 0.2) is 163 Å². The van der Waals surface area contributed by atoms with Crippen LogP contribution in [0.5, 0.6) is 5.88 Å². The Labute approximate surface area is 674 Å². The largest absolute Gasteiger partial charge is 0.481 e. The van der Waals surface area contributed by atoms with Gasteiger partial charge in [-0.25, -0.2) is 13.4 Å². The van der Waals surface area contributed by atoms with Crippen LogP contribution in [0.1, 0.15) is 144 Å². The first-order chi connectivity index (χ1) is 55.1. The van der Waals surface area contributed by atoms with Gasteiger partial charge >= 0.3 is 0 Å². The van der Waals surface area contributed by atoms with Crippen molar-refractivity contribution in [2.24, 2.45) is 0 Å². The second-order valence-corrected chi connectivity index (χ2v) is 31.0. The molecular formula is C85H122N24O4S.